The summed E-state index contributed by atoms with van der Waals surface area (Å²) in [6.07, 6.45) is 3.33. The molecule has 1 heterocycles. The van der Waals surface area contributed by atoms with Crippen molar-refractivity contribution in [2.24, 2.45) is 0 Å². The van der Waals surface area contributed by atoms with Crippen molar-refractivity contribution >= 4 is 23.3 Å². The largest absolute Gasteiger partial charge is 0.358 e. The third-order valence-electron chi connectivity index (χ3n) is 3.73. The maximum atomic E-state index is 8.96. The number of aryl methyl sites for hydroxylation is 1. The van der Waals surface area contributed by atoms with Crippen LogP contribution in [0.15, 0.2) is 18.2 Å². The summed E-state index contributed by atoms with van der Waals surface area (Å²) in [5.74, 6) is 0. The second-order valence-electron chi connectivity index (χ2n) is 4.68. The molecule has 1 aliphatic carbocycles. The highest BCUT2D eigenvalue weighted by atomic mass is 35.5. The van der Waals surface area contributed by atoms with E-state index in [0.29, 0.717) is 6.04 Å². The van der Waals surface area contributed by atoms with Gasteiger partial charge in [0, 0.05) is 22.6 Å². The van der Waals surface area contributed by atoms with Gasteiger partial charge in [0.15, 0.2) is 0 Å². The lowest BCUT2D eigenvalue weighted by molar-refractivity contribution is 0.495. The third kappa shape index (κ3) is 1.98. The normalized spacial score (nSPS) is 17.9. The molecule has 0 amide bonds. The minimum absolute atomic E-state index is 0. The van der Waals surface area contributed by atoms with Crippen molar-refractivity contribution in [2.45, 2.75) is 25.3 Å². The summed E-state index contributed by atoms with van der Waals surface area (Å²) < 4.78 is 0. The van der Waals surface area contributed by atoms with Gasteiger partial charge in [-0.3, -0.25) is 0 Å². The van der Waals surface area contributed by atoms with Crippen LogP contribution in [-0.2, 0) is 12.8 Å². The molecule has 1 aliphatic rings. The number of hydrogen-bond acceptors (Lipinski definition) is 2. The maximum absolute atomic E-state index is 8.96. The molecule has 0 radical (unpaired) electrons. The molecule has 1 atom stereocenters. The molecule has 2 aromatic rings. The van der Waals surface area contributed by atoms with Crippen LogP contribution in [0.4, 0.5) is 0 Å². The van der Waals surface area contributed by atoms with E-state index in [9.17, 15) is 0 Å². The molecule has 0 bridgehead atoms. The zero-order valence-electron chi connectivity index (χ0n) is 10.3. The molecule has 2 N–H and O–H groups in total. The van der Waals surface area contributed by atoms with Gasteiger partial charge in [-0.15, -0.1) is 12.4 Å². The Morgan fingerprint density at radius 3 is 3.00 bits per heavy atom. The molecule has 0 saturated carbocycles. The molecule has 0 saturated heterocycles. The van der Waals surface area contributed by atoms with Crippen LogP contribution in [-0.4, -0.2) is 18.1 Å². The minimum Gasteiger partial charge on any atom is -0.358 e. The van der Waals surface area contributed by atoms with Gasteiger partial charge in [0.2, 0.25) is 0 Å². The summed E-state index contributed by atoms with van der Waals surface area (Å²) >= 11 is 0. The Hall–Kier alpha value is -1.50. The second kappa shape index (κ2) is 5.01. The van der Waals surface area contributed by atoms with Crippen molar-refractivity contribution in [2.75, 3.05) is 7.05 Å². The quantitative estimate of drug-likeness (QED) is 0.829. The minimum atomic E-state index is 0. The van der Waals surface area contributed by atoms with Crippen molar-refractivity contribution in [1.82, 2.24) is 10.3 Å². The third-order valence-corrected chi connectivity index (χ3v) is 3.73. The van der Waals surface area contributed by atoms with Crippen LogP contribution in [0.3, 0.4) is 0 Å². The summed E-state index contributed by atoms with van der Waals surface area (Å²) in [5, 5.41) is 13.5. The van der Waals surface area contributed by atoms with E-state index in [1.807, 2.05) is 25.2 Å². The van der Waals surface area contributed by atoms with E-state index >= 15 is 0 Å². The summed E-state index contributed by atoms with van der Waals surface area (Å²) in [6, 6.07) is 8.67. The fraction of sp³-hybridized carbons (Fsp3) is 0.357. The zero-order valence-corrected chi connectivity index (χ0v) is 11.1. The number of halogens is 1. The lowest BCUT2D eigenvalue weighted by Crippen LogP contribution is -2.31. The average Bonchev–Trinajstić information content (AvgIpc) is 2.75. The predicted octanol–water partition coefficient (Wildman–Crippen LogP) is 2.54. The summed E-state index contributed by atoms with van der Waals surface area (Å²) in [7, 11) is 2.02. The fourth-order valence-electron chi connectivity index (χ4n) is 2.73. The summed E-state index contributed by atoms with van der Waals surface area (Å²) in [6.45, 7) is 0. The summed E-state index contributed by atoms with van der Waals surface area (Å²) in [4.78, 5) is 3.47. The number of likely N-dealkylation sites (N-methyl/N-ethyl adjacent to an activating group) is 1. The van der Waals surface area contributed by atoms with Gasteiger partial charge in [-0.25, -0.2) is 0 Å². The van der Waals surface area contributed by atoms with Crippen molar-refractivity contribution in [3.8, 4) is 6.07 Å². The van der Waals surface area contributed by atoms with Crippen molar-refractivity contribution in [3.05, 3.63) is 35.0 Å². The molecular weight excluding hydrogens is 246 g/mol. The molecule has 1 aromatic heterocycles. The molecule has 94 valence electrons. The Bertz CT molecular complexity index is 609. The second-order valence-corrected chi connectivity index (χ2v) is 4.68. The van der Waals surface area contributed by atoms with Gasteiger partial charge < -0.3 is 10.3 Å². The van der Waals surface area contributed by atoms with Gasteiger partial charge >= 0.3 is 0 Å². The first-order valence-electron chi connectivity index (χ1n) is 6.02. The molecule has 1 aromatic carbocycles. The number of rotatable bonds is 1. The Kier molecular flexibility index (Phi) is 3.60. The molecule has 0 spiro atoms. The Balaban J connectivity index is 0.00000120. The van der Waals surface area contributed by atoms with Crippen LogP contribution in [0, 0.1) is 11.3 Å². The lowest BCUT2D eigenvalue weighted by Gasteiger charge is -2.21. The van der Waals surface area contributed by atoms with Gasteiger partial charge in [0.1, 0.15) is 0 Å². The Labute approximate surface area is 113 Å². The number of aromatic nitrogens is 1. The van der Waals surface area contributed by atoms with E-state index < -0.39 is 0 Å². The molecule has 3 rings (SSSR count). The van der Waals surface area contributed by atoms with Gasteiger partial charge in [0.05, 0.1) is 11.6 Å². The van der Waals surface area contributed by atoms with E-state index in [2.05, 4.69) is 16.4 Å². The highest BCUT2D eigenvalue weighted by molar-refractivity contribution is 5.86. The maximum Gasteiger partial charge on any atom is 0.0991 e. The summed E-state index contributed by atoms with van der Waals surface area (Å²) in [5.41, 5.74) is 4.64. The Morgan fingerprint density at radius 1 is 1.44 bits per heavy atom. The first-order valence-corrected chi connectivity index (χ1v) is 6.02. The number of hydrogen-bond donors (Lipinski definition) is 2. The molecule has 4 heteroatoms. The number of H-pyrrole nitrogens is 1. The van der Waals surface area contributed by atoms with Crippen LogP contribution in [0.2, 0.25) is 0 Å². The Morgan fingerprint density at radius 2 is 2.28 bits per heavy atom. The fourth-order valence-corrected chi connectivity index (χ4v) is 2.73. The number of benzene rings is 1. The number of nitriles is 1. The molecule has 0 fully saturated rings. The SMILES string of the molecule is CNC1CCc2[nH]c3ccc(C#N)cc3c2C1.Cl. The van der Waals surface area contributed by atoms with E-state index in [0.717, 1.165) is 23.9 Å². The average molecular weight is 262 g/mol. The monoisotopic (exact) mass is 261 g/mol. The predicted molar refractivity (Wildman–Crippen MR) is 75.1 cm³/mol. The topological polar surface area (TPSA) is 51.6 Å². The standard InChI is InChI=1S/C14H15N3.ClH/c1-16-10-3-5-14-12(7-10)11-6-9(8-15)2-4-13(11)17-14;/h2,4,6,10,16-17H,3,5,7H2,1H3;1H. The van der Waals surface area contributed by atoms with E-state index in [1.165, 1.54) is 23.1 Å². The van der Waals surface area contributed by atoms with Crippen LogP contribution in [0.1, 0.15) is 23.2 Å². The molecule has 3 nitrogen and oxygen atoms in total. The van der Waals surface area contributed by atoms with Crippen LogP contribution >= 0.6 is 12.4 Å². The smallest absolute Gasteiger partial charge is 0.0991 e. The van der Waals surface area contributed by atoms with Gasteiger partial charge in [-0.2, -0.15) is 5.26 Å². The molecule has 18 heavy (non-hydrogen) atoms. The first kappa shape index (κ1) is 12.9. The zero-order chi connectivity index (χ0) is 11.8. The van der Waals surface area contributed by atoms with Crippen LogP contribution in [0.5, 0.6) is 0 Å². The molecule has 1 unspecified atom stereocenters. The van der Waals surface area contributed by atoms with Crippen molar-refractivity contribution in [3.63, 3.8) is 0 Å². The lowest BCUT2D eigenvalue weighted by atomic mass is 9.91. The van der Waals surface area contributed by atoms with Gasteiger partial charge in [-0.1, -0.05) is 0 Å². The van der Waals surface area contributed by atoms with Crippen LogP contribution < -0.4 is 5.32 Å². The van der Waals surface area contributed by atoms with E-state index in [1.54, 1.807) is 0 Å². The van der Waals surface area contributed by atoms with Crippen molar-refractivity contribution in [1.29, 1.82) is 5.26 Å². The number of fused-ring (bicyclic) bond motifs is 3. The highest BCUT2D eigenvalue weighted by Gasteiger charge is 2.21. The number of nitrogens with zero attached hydrogens (tertiary/aromatic N) is 1. The van der Waals surface area contributed by atoms with Gasteiger partial charge in [0.25, 0.3) is 0 Å². The first-order chi connectivity index (χ1) is 8.31. The van der Waals surface area contributed by atoms with Gasteiger partial charge in [-0.05, 0) is 50.1 Å². The van der Waals surface area contributed by atoms with Crippen LogP contribution in [0.25, 0.3) is 10.9 Å². The number of aromatic amines is 1. The van der Waals surface area contributed by atoms with E-state index in [4.69, 9.17) is 5.26 Å². The number of nitrogens with one attached hydrogen (secondary N) is 2. The highest BCUT2D eigenvalue weighted by Crippen LogP contribution is 2.29. The molecular formula is C14H16ClN3. The van der Waals surface area contributed by atoms with Crippen molar-refractivity contribution < 1.29 is 0 Å². The van der Waals surface area contributed by atoms with E-state index in [-0.39, 0.29) is 12.4 Å². The molecule has 0 aliphatic heterocycles.